The molecule has 1 aliphatic rings. The summed E-state index contributed by atoms with van der Waals surface area (Å²) in [6.07, 6.45) is 3.68. The van der Waals surface area contributed by atoms with E-state index in [4.69, 9.17) is 0 Å². The Morgan fingerprint density at radius 3 is 2.80 bits per heavy atom. The van der Waals surface area contributed by atoms with Gasteiger partial charge in [-0.1, -0.05) is 18.2 Å². The summed E-state index contributed by atoms with van der Waals surface area (Å²) >= 11 is 0. The highest BCUT2D eigenvalue weighted by molar-refractivity contribution is 5.80. The quantitative estimate of drug-likeness (QED) is 0.702. The van der Waals surface area contributed by atoms with Crippen LogP contribution in [0.25, 0.3) is 10.9 Å². The van der Waals surface area contributed by atoms with E-state index in [0.29, 0.717) is 5.92 Å². The lowest BCUT2D eigenvalue weighted by molar-refractivity contribution is 1.05. The van der Waals surface area contributed by atoms with E-state index in [1.165, 1.54) is 19.0 Å². The smallest absolute Gasteiger partial charge is 0.266 e. The van der Waals surface area contributed by atoms with Crippen LogP contribution < -0.4 is 5.56 Å². The van der Waals surface area contributed by atoms with Gasteiger partial charge in [-0.2, -0.15) is 0 Å². The van der Waals surface area contributed by atoms with Crippen LogP contribution in [0.15, 0.2) is 35.3 Å². The van der Waals surface area contributed by atoms with Crippen LogP contribution in [-0.4, -0.2) is 9.97 Å². The number of hydrogen-bond acceptors (Lipinski definition) is 3. The van der Waals surface area contributed by atoms with Gasteiger partial charge in [-0.05, 0) is 18.9 Å². The summed E-state index contributed by atoms with van der Waals surface area (Å²) in [7, 11) is 0. The van der Waals surface area contributed by atoms with E-state index in [-0.39, 0.29) is 5.56 Å². The first-order chi connectivity index (χ1) is 7.34. The summed E-state index contributed by atoms with van der Waals surface area (Å²) in [4.78, 5) is 19.6. The molecule has 3 heteroatoms. The number of para-hydroxylation sites is 1. The molecule has 1 aromatic carbocycles. The van der Waals surface area contributed by atoms with Gasteiger partial charge in [-0.15, -0.1) is 0 Å². The minimum absolute atomic E-state index is 0.266. The van der Waals surface area contributed by atoms with Gasteiger partial charge in [0.05, 0.1) is 17.4 Å². The number of nitrogens with zero attached hydrogens (tertiary/aromatic N) is 2. The van der Waals surface area contributed by atoms with Crippen molar-refractivity contribution in [3.63, 3.8) is 0 Å². The Balaban J connectivity index is 2.43. The van der Waals surface area contributed by atoms with Crippen LogP contribution in [0.3, 0.4) is 0 Å². The molecule has 0 atom stereocenters. The molecule has 74 valence electrons. The first-order valence-electron chi connectivity index (χ1n) is 5.10. The Hall–Kier alpha value is -1.77. The Morgan fingerprint density at radius 1 is 1.20 bits per heavy atom. The molecule has 0 radical (unpaired) electrons. The molecular weight excluding hydrogens is 188 g/mol. The second kappa shape index (κ2) is 3.12. The summed E-state index contributed by atoms with van der Waals surface area (Å²) in [6, 6.07) is 7.71. The maximum Gasteiger partial charge on any atom is 0.288 e. The second-order valence-corrected chi connectivity index (χ2v) is 3.88. The van der Waals surface area contributed by atoms with E-state index < -0.39 is 0 Å². The molecule has 1 aromatic heterocycles. The molecule has 1 aliphatic carbocycles. The number of hydrogen-bond donors (Lipinski definition) is 0. The highest BCUT2D eigenvalue weighted by atomic mass is 16.1. The predicted molar refractivity (Wildman–Crippen MR) is 57.8 cm³/mol. The van der Waals surface area contributed by atoms with Gasteiger partial charge in [0.15, 0.2) is 0 Å². The van der Waals surface area contributed by atoms with Crippen LogP contribution in [-0.2, 0) is 0 Å². The summed E-state index contributed by atoms with van der Waals surface area (Å²) in [5.41, 5.74) is 1.51. The summed E-state index contributed by atoms with van der Waals surface area (Å²) in [6.45, 7) is 0. The summed E-state index contributed by atoms with van der Waals surface area (Å²) < 4.78 is 0. The van der Waals surface area contributed by atoms with Gasteiger partial charge in [0.2, 0.25) is 0 Å². The summed E-state index contributed by atoms with van der Waals surface area (Å²) in [5.74, 6) is 0.531. The molecule has 1 heterocycles. The fourth-order valence-corrected chi connectivity index (χ4v) is 1.81. The fraction of sp³-hybridized carbons (Fsp3) is 0.250. The summed E-state index contributed by atoms with van der Waals surface area (Å²) in [5, 5.41) is 1.02. The lowest BCUT2D eigenvalue weighted by Crippen LogP contribution is -1.98. The standard InChI is InChI=1S/C12H10N2O/c15-11-7-13-12(8-5-6-8)9-3-1-2-4-10(9)14-11/h1-4,7-8H,5-6H2. The van der Waals surface area contributed by atoms with Crippen molar-refractivity contribution in [2.24, 2.45) is 0 Å². The maximum atomic E-state index is 11.3. The second-order valence-electron chi connectivity index (χ2n) is 3.88. The zero-order valence-corrected chi connectivity index (χ0v) is 8.18. The monoisotopic (exact) mass is 198 g/mol. The van der Waals surface area contributed by atoms with Crippen LogP contribution in [0.4, 0.5) is 0 Å². The molecule has 1 saturated carbocycles. The molecule has 0 N–H and O–H groups in total. The Labute approximate surface area is 86.8 Å². The third-order valence-corrected chi connectivity index (χ3v) is 2.69. The van der Waals surface area contributed by atoms with Crippen molar-refractivity contribution in [3.8, 4) is 0 Å². The average molecular weight is 198 g/mol. The SMILES string of the molecule is O=c1cnc(C2CC2)c2ccccc2n1. The molecule has 3 rings (SSSR count). The maximum absolute atomic E-state index is 11.3. The average Bonchev–Trinajstić information content (AvgIpc) is 3.03. The van der Waals surface area contributed by atoms with Crippen molar-refractivity contribution < 1.29 is 0 Å². The molecule has 0 saturated heterocycles. The molecule has 0 amide bonds. The van der Waals surface area contributed by atoms with Crippen molar-refractivity contribution in [2.45, 2.75) is 18.8 Å². The third-order valence-electron chi connectivity index (χ3n) is 2.69. The number of fused-ring (bicyclic) bond motifs is 1. The molecule has 1 fully saturated rings. The van der Waals surface area contributed by atoms with Gasteiger partial charge in [-0.3, -0.25) is 9.78 Å². The topological polar surface area (TPSA) is 42.9 Å². The van der Waals surface area contributed by atoms with Gasteiger partial charge in [0.25, 0.3) is 5.56 Å². The van der Waals surface area contributed by atoms with Gasteiger partial charge in [0.1, 0.15) is 0 Å². The van der Waals surface area contributed by atoms with Crippen molar-refractivity contribution in [2.75, 3.05) is 0 Å². The van der Waals surface area contributed by atoms with E-state index in [2.05, 4.69) is 9.97 Å². The first kappa shape index (κ1) is 8.53. The van der Waals surface area contributed by atoms with Crippen LogP contribution in [0.1, 0.15) is 24.5 Å². The predicted octanol–water partition coefficient (Wildman–Crippen LogP) is 1.87. The molecular formula is C12H10N2O. The minimum atomic E-state index is -0.266. The van der Waals surface area contributed by atoms with Crippen molar-refractivity contribution >= 4 is 10.9 Å². The van der Waals surface area contributed by atoms with Crippen LogP contribution >= 0.6 is 0 Å². The van der Waals surface area contributed by atoms with Gasteiger partial charge >= 0.3 is 0 Å². The van der Waals surface area contributed by atoms with E-state index in [1.807, 2.05) is 24.3 Å². The normalized spacial score (nSPS) is 15.5. The van der Waals surface area contributed by atoms with E-state index in [9.17, 15) is 4.79 Å². The molecule has 0 unspecified atom stereocenters. The van der Waals surface area contributed by atoms with Crippen LogP contribution in [0, 0.1) is 0 Å². The van der Waals surface area contributed by atoms with Crippen LogP contribution in [0.5, 0.6) is 0 Å². The van der Waals surface area contributed by atoms with Crippen molar-refractivity contribution in [1.29, 1.82) is 0 Å². The largest absolute Gasteiger partial charge is 0.288 e. The Kier molecular flexibility index (Phi) is 1.78. The minimum Gasteiger partial charge on any atom is -0.266 e. The molecule has 15 heavy (non-hydrogen) atoms. The Morgan fingerprint density at radius 2 is 2.00 bits per heavy atom. The third kappa shape index (κ3) is 1.50. The molecule has 3 nitrogen and oxygen atoms in total. The number of aromatic nitrogens is 2. The van der Waals surface area contributed by atoms with Crippen LogP contribution in [0.2, 0.25) is 0 Å². The van der Waals surface area contributed by atoms with Crippen molar-refractivity contribution in [3.05, 3.63) is 46.5 Å². The fourth-order valence-electron chi connectivity index (χ4n) is 1.81. The zero-order chi connectivity index (χ0) is 10.3. The molecule has 0 bridgehead atoms. The van der Waals surface area contributed by atoms with E-state index >= 15 is 0 Å². The first-order valence-corrected chi connectivity index (χ1v) is 5.10. The lowest BCUT2D eigenvalue weighted by atomic mass is 10.1. The van der Waals surface area contributed by atoms with Gasteiger partial charge in [-0.25, -0.2) is 4.98 Å². The number of benzene rings is 1. The highest BCUT2D eigenvalue weighted by Gasteiger charge is 2.26. The van der Waals surface area contributed by atoms with E-state index in [1.54, 1.807) is 0 Å². The molecule has 0 aliphatic heterocycles. The van der Waals surface area contributed by atoms with Gasteiger partial charge in [0, 0.05) is 11.3 Å². The molecule has 0 spiro atoms. The van der Waals surface area contributed by atoms with E-state index in [0.717, 1.165) is 16.6 Å². The zero-order valence-electron chi connectivity index (χ0n) is 8.18. The van der Waals surface area contributed by atoms with Crippen molar-refractivity contribution in [1.82, 2.24) is 9.97 Å². The van der Waals surface area contributed by atoms with Gasteiger partial charge < -0.3 is 0 Å². The molecule has 2 aromatic rings. The Bertz CT molecular complexity index is 576. The number of rotatable bonds is 1. The highest BCUT2D eigenvalue weighted by Crippen LogP contribution is 2.40. The lowest BCUT2D eigenvalue weighted by Gasteiger charge is -1.96.